The fourth-order valence-electron chi connectivity index (χ4n) is 9.53. The second kappa shape index (κ2) is 18.8. The molecule has 0 atom stereocenters. The van der Waals surface area contributed by atoms with E-state index in [-0.39, 0.29) is 52.1 Å². The number of anilines is 4. The molecule has 1 aliphatic carbocycles. The zero-order chi connectivity index (χ0) is 47.1. The molecule has 9 rings (SSSR count). The summed E-state index contributed by atoms with van der Waals surface area (Å²) in [6.07, 6.45) is 6.34. The quantitative estimate of drug-likeness (QED) is 0.0715. The average Bonchev–Trinajstić information content (AvgIpc) is 3.73. The Bertz CT molecular complexity index is 2970. The predicted molar refractivity (Wildman–Crippen MR) is 259 cm³/mol. The highest BCUT2D eigenvalue weighted by molar-refractivity contribution is 7.90. The normalized spacial score (nSPS) is 19.2. The molecule has 5 heterocycles. The van der Waals surface area contributed by atoms with E-state index in [1.165, 1.54) is 34.9 Å². The zero-order valence-corrected chi connectivity index (χ0v) is 39.8. The molecular formula is C47H54ClN9O8S2. The summed E-state index contributed by atoms with van der Waals surface area (Å²) in [5.74, 6) is -0.765. The number of fused-ring (bicyclic) bond motifs is 2. The number of benzene rings is 3. The fraction of sp³-hybridized carbons (Fsp3) is 0.404. The van der Waals surface area contributed by atoms with Crippen molar-refractivity contribution in [2.75, 3.05) is 80.7 Å². The monoisotopic (exact) mass is 971 g/mol. The number of allylic oxidation sites excluding steroid dienone is 1. The molecule has 20 heteroatoms. The Kier molecular flexibility index (Phi) is 13.1. The molecule has 17 nitrogen and oxygen atoms in total. The molecule has 2 aromatic heterocycles. The number of carbonyl (C=O) groups excluding carboxylic acids is 1. The molecule has 0 unspecified atom stereocenters. The molecule has 1 amide bonds. The van der Waals surface area contributed by atoms with Crippen LogP contribution in [0, 0.1) is 21.4 Å². The summed E-state index contributed by atoms with van der Waals surface area (Å²) in [6, 6.07) is 20.1. The summed E-state index contributed by atoms with van der Waals surface area (Å²) in [5.41, 5.74) is 5.43. The Morgan fingerprint density at radius 3 is 2.49 bits per heavy atom. The second-order valence-electron chi connectivity index (χ2n) is 18.5. The Morgan fingerprint density at radius 1 is 0.985 bits per heavy atom. The van der Waals surface area contributed by atoms with Crippen molar-refractivity contribution >= 4 is 82.6 Å². The van der Waals surface area contributed by atoms with E-state index < -0.39 is 41.5 Å². The minimum absolute atomic E-state index is 0.0431. The molecule has 2 fully saturated rings. The molecule has 3 aromatic carbocycles. The SMILES string of the molecule is CC1(C)CCC(CN2CCN(c3ccc(C(=O)NS(=O)(=O)c4ccc(NCC5CCOCC5)c([N+](=O)[O-])c4)c(N4CCNS(=O)(=O)c5nc6[nH]ccc6cc54)c3)CC2)=C(c2ccc(Cl)cc2)C1. The number of H-pyrrole nitrogens is 1. The lowest BCUT2D eigenvalue weighted by molar-refractivity contribution is -0.384. The predicted octanol–water partition coefficient (Wildman–Crippen LogP) is 7.30. The Balaban J connectivity index is 1.01. The lowest BCUT2D eigenvalue weighted by Gasteiger charge is -2.39. The van der Waals surface area contributed by atoms with Crippen molar-refractivity contribution in [2.45, 2.75) is 55.9 Å². The van der Waals surface area contributed by atoms with Gasteiger partial charge in [0.15, 0.2) is 5.03 Å². The fourth-order valence-corrected chi connectivity index (χ4v) is 11.8. The van der Waals surface area contributed by atoms with Gasteiger partial charge in [0, 0.05) is 93.9 Å². The van der Waals surface area contributed by atoms with Gasteiger partial charge in [-0.2, -0.15) is 0 Å². The van der Waals surface area contributed by atoms with Crippen LogP contribution < -0.4 is 24.6 Å². The van der Waals surface area contributed by atoms with Crippen LogP contribution in [-0.4, -0.2) is 108 Å². The van der Waals surface area contributed by atoms with Crippen molar-refractivity contribution in [3.8, 4) is 0 Å². The smallest absolute Gasteiger partial charge is 0.293 e. The molecule has 0 radical (unpaired) electrons. The number of sulfonamides is 2. The number of pyridine rings is 1. The van der Waals surface area contributed by atoms with Gasteiger partial charge in [0.2, 0.25) is 0 Å². The highest BCUT2D eigenvalue weighted by Gasteiger charge is 2.34. The number of ether oxygens (including phenoxy) is 1. The minimum atomic E-state index is -4.67. The number of halogens is 1. The van der Waals surface area contributed by atoms with Gasteiger partial charge in [-0.3, -0.25) is 19.8 Å². The van der Waals surface area contributed by atoms with Gasteiger partial charge in [0.1, 0.15) is 11.3 Å². The van der Waals surface area contributed by atoms with E-state index in [9.17, 15) is 31.7 Å². The second-order valence-corrected chi connectivity index (χ2v) is 22.3. The molecule has 3 aliphatic heterocycles. The standard InChI is InChI=1S/C47H54ClN9O8S2/c1-47(2)15-11-34(39(28-47)32-3-5-35(48)6-4-32)30-54-19-21-55(22-20-54)36-7-9-38(41(26-36)56-18-17-51-67(63,64)46-43(56)25-33-12-16-49-44(33)52-46)45(58)53-66(61,62)37-8-10-40(42(27-37)57(59)60)50-29-31-13-23-65-24-14-31/h3-10,12,16,25-27,31,50-51H,11,13-15,17-24,28-30H2,1-2H3,(H,49,52)(H,53,58). The van der Waals surface area contributed by atoms with E-state index in [2.05, 4.69) is 60.5 Å². The first kappa shape index (κ1) is 46.5. The van der Waals surface area contributed by atoms with Gasteiger partial charge in [-0.1, -0.05) is 43.2 Å². The maximum absolute atomic E-state index is 14.4. The van der Waals surface area contributed by atoms with Gasteiger partial charge < -0.3 is 24.8 Å². The van der Waals surface area contributed by atoms with E-state index in [1.807, 2.05) is 12.1 Å². The van der Waals surface area contributed by atoms with Crippen LogP contribution in [0.5, 0.6) is 0 Å². The van der Waals surface area contributed by atoms with Crippen molar-refractivity contribution in [3.05, 3.63) is 111 Å². The number of aromatic amines is 1. The molecule has 354 valence electrons. The molecule has 2 saturated heterocycles. The first-order valence-electron chi connectivity index (χ1n) is 22.5. The summed E-state index contributed by atoms with van der Waals surface area (Å²) < 4.78 is 65.3. The Hall–Kier alpha value is -5.57. The van der Waals surface area contributed by atoms with Gasteiger partial charge in [-0.05, 0) is 109 Å². The molecule has 0 saturated carbocycles. The number of hydrogen-bond donors (Lipinski definition) is 4. The van der Waals surface area contributed by atoms with Crippen LogP contribution in [-0.2, 0) is 24.8 Å². The summed E-state index contributed by atoms with van der Waals surface area (Å²) >= 11 is 6.26. The van der Waals surface area contributed by atoms with Gasteiger partial charge in [-0.25, -0.2) is 31.3 Å². The van der Waals surface area contributed by atoms with Crippen LogP contribution in [0.3, 0.4) is 0 Å². The van der Waals surface area contributed by atoms with Crippen LogP contribution in [0.2, 0.25) is 5.02 Å². The van der Waals surface area contributed by atoms with Crippen LogP contribution in [0.25, 0.3) is 16.6 Å². The van der Waals surface area contributed by atoms with Crippen molar-refractivity contribution in [3.63, 3.8) is 0 Å². The van der Waals surface area contributed by atoms with Crippen LogP contribution in [0.4, 0.5) is 28.4 Å². The average molecular weight is 973 g/mol. The lowest BCUT2D eigenvalue weighted by atomic mass is 9.72. The maximum atomic E-state index is 14.4. The van der Waals surface area contributed by atoms with Gasteiger partial charge >= 0.3 is 0 Å². The number of amides is 1. The highest BCUT2D eigenvalue weighted by Crippen LogP contribution is 2.44. The number of nitrogens with one attached hydrogen (secondary N) is 4. The van der Waals surface area contributed by atoms with Crippen molar-refractivity contribution in [1.29, 1.82) is 0 Å². The molecule has 4 N–H and O–H groups in total. The molecule has 5 aromatic rings. The molecular weight excluding hydrogens is 918 g/mol. The van der Waals surface area contributed by atoms with Crippen molar-refractivity contribution in [1.82, 2.24) is 24.3 Å². The number of nitro benzene ring substituents is 1. The van der Waals surface area contributed by atoms with Crippen molar-refractivity contribution in [2.24, 2.45) is 11.3 Å². The Labute approximate surface area is 395 Å². The van der Waals surface area contributed by atoms with E-state index in [0.29, 0.717) is 48.9 Å². The third-order valence-electron chi connectivity index (χ3n) is 13.3. The highest BCUT2D eigenvalue weighted by atomic mass is 35.5. The Morgan fingerprint density at radius 2 is 1.75 bits per heavy atom. The molecule has 0 spiro atoms. The summed E-state index contributed by atoms with van der Waals surface area (Å²) in [5, 5.41) is 16.4. The summed E-state index contributed by atoms with van der Waals surface area (Å²) in [7, 11) is -8.77. The van der Waals surface area contributed by atoms with Crippen LogP contribution in [0.1, 0.15) is 61.9 Å². The third kappa shape index (κ3) is 10.2. The van der Waals surface area contributed by atoms with Gasteiger partial charge in [0.05, 0.1) is 26.8 Å². The molecule has 67 heavy (non-hydrogen) atoms. The van der Waals surface area contributed by atoms with Crippen LogP contribution in [0.15, 0.2) is 94.5 Å². The number of carbonyl (C=O) groups is 1. The third-order valence-corrected chi connectivity index (χ3v) is 16.3. The maximum Gasteiger partial charge on any atom is 0.293 e. The minimum Gasteiger partial charge on any atom is -0.381 e. The number of rotatable bonds is 12. The topological polar surface area (TPSA) is 212 Å². The van der Waals surface area contributed by atoms with E-state index in [1.54, 1.807) is 35.4 Å². The van der Waals surface area contributed by atoms with Crippen LogP contribution >= 0.6 is 11.6 Å². The van der Waals surface area contributed by atoms with Crippen molar-refractivity contribution < 1.29 is 31.3 Å². The van der Waals surface area contributed by atoms with E-state index in [4.69, 9.17) is 16.3 Å². The first-order valence-corrected chi connectivity index (χ1v) is 25.9. The number of piperazine rings is 1. The number of nitrogens with zero attached hydrogens (tertiary/aromatic N) is 5. The number of hydrogen-bond acceptors (Lipinski definition) is 13. The largest absolute Gasteiger partial charge is 0.381 e. The van der Waals surface area contributed by atoms with E-state index in [0.717, 1.165) is 63.5 Å². The summed E-state index contributed by atoms with van der Waals surface area (Å²) in [4.78, 5) is 39.3. The van der Waals surface area contributed by atoms with Gasteiger partial charge in [-0.15, -0.1) is 0 Å². The molecule has 0 bridgehead atoms. The first-order chi connectivity index (χ1) is 32.0. The summed E-state index contributed by atoms with van der Waals surface area (Å²) in [6.45, 7) is 10.00. The number of aromatic nitrogens is 2. The lowest BCUT2D eigenvalue weighted by Crippen LogP contribution is -2.47. The zero-order valence-electron chi connectivity index (χ0n) is 37.4. The molecule has 4 aliphatic rings. The van der Waals surface area contributed by atoms with Gasteiger partial charge in [0.25, 0.3) is 31.6 Å². The number of nitro groups is 1. The van der Waals surface area contributed by atoms with E-state index >= 15 is 0 Å².